The third-order valence-electron chi connectivity index (χ3n) is 5.36. The zero-order valence-corrected chi connectivity index (χ0v) is 17.0. The topological polar surface area (TPSA) is 45.2 Å². The van der Waals surface area contributed by atoms with Gasteiger partial charge in [0.1, 0.15) is 16.6 Å². The zero-order chi connectivity index (χ0) is 20.4. The molecule has 1 fully saturated rings. The standard InChI is InChI=1S/C22H23F2N3OS/c1-14(16-10-9-15(23)12-17(16)24)25-21(28)13-27-11-5-4-7-19(27)22-26-18-6-2-3-8-20(18)29-22/h2-3,6,8-10,12,14,19H,4-5,7,11,13H2,1H3,(H,25,28)/t14-,19-/m1/s1. The number of para-hydroxylation sites is 1. The van der Waals surface area contributed by atoms with Crippen molar-refractivity contribution in [3.63, 3.8) is 0 Å². The summed E-state index contributed by atoms with van der Waals surface area (Å²) in [7, 11) is 0. The van der Waals surface area contributed by atoms with Crippen LogP contribution in [0.4, 0.5) is 8.78 Å². The van der Waals surface area contributed by atoms with E-state index < -0.39 is 17.7 Å². The van der Waals surface area contributed by atoms with E-state index in [0.717, 1.165) is 47.1 Å². The summed E-state index contributed by atoms with van der Waals surface area (Å²) in [5.74, 6) is -1.45. The number of carbonyl (C=O) groups is 1. The van der Waals surface area contributed by atoms with Gasteiger partial charge in [-0.3, -0.25) is 9.69 Å². The van der Waals surface area contributed by atoms with E-state index in [4.69, 9.17) is 4.98 Å². The van der Waals surface area contributed by atoms with Crippen molar-refractivity contribution in [3.05, 3.63) is 64.7 Å². The van der Waals surface area contributed by atoms with Gasteiger partial charge in [0.15, 0.2) is 0 Å². The minimum atomic E-state index is -0.650. The lowest BCUT2D eigenvalue weighted by atomic mass is 10.0. The van der Waals surface area contributed by atoms with Crippen molar-refractivity contribution in [2.45, 2.75) is 38.3 Å². The minimum absolute atomic E-state index is 0.116. The fraction of sp³-hybridized carbons (Fsp3) is 0.364. The van der Waals surface area contributed by atoms with Crippen LogP contribution in [0.3, 0.4) is 0 Å². The number of rotatable bonds is 5. The molecule has 4 rings (SSSR count). The number of amides is 1. The van der Waals surface area contributed by atoms with E-state index in [1.807, 2.05) is 18.2 Å². The smallest absolute Gasteiger partial charge is 0.234 e. The molecule has 1 N–H and O–H groups in total. The van der Waals surface area contributed by atoms with Crippen molar-refractivity contribution in [2.24, 2.45) is 0 Å². The van der Waals surface area contributed by atoms with Crippen LogP contribution in [0.5, 0.6) is 0 Å². The van der Waals surface area contributed by atoms with E-state index in [-0.39, 0.29) is 24.1 Å². The van der Waals surface area contributed by atoms with E-state index in [9.17, 15) is 13.6 Å². The fourth-order valence-corrected chi connectivity index (χ4v) is 5.03. The molecule has 0 saturated carbocycles. The molecule has 29 heavy (non-hydrogen) atoms. The highest BCUT2D eigenvalue weighted by Gasteiger charge is 2.28. The van der Waals surface area contributed by atoms with Crippen LogP contribution in [0, 0.1) is 11.6 Å². The molecule has 7 heteroatoms. The van der Waals surface area contributed by atoms with Gasteiger partial charge in [0.05, 0.1) is 28.8 Å². The van der Waals surface area contributed by atoms with Gasteiger partial charge < -0.3 is 5.32 Å². The van der Waals surface area contributed by atoms with E-state index in [0.29, 0.717) is 0 Å². The molecule has 0 aliphatic carbocycles. The second kappa shape index (κ2) is 8.55. The molecule has 1 aliphatic rings. The summed E-state index contributed by atoms with van der Waals surface area (Å²) < 4.78 is 28.3. The van der Waals surface area contributed by atoms with E-state index in [1.165, 1.54) is 12.1 Å². The van der Waals surface area contributed by atoms with Gasteiger partial charge in [0, 0.05) is 11.6 Å². The number of hydrogen-bond acceptors (Lipinski definition) is 4. The first kappa shape index (κ1) is 19.9. The zero-order valence-electron chi connectivity index (χ0n) is 16.2. The second-order valence-electron chi connectivity index (χ2n) is 7.46. The van der Waals surface area contributed by atoms with Crippen molar-refractivity contribution in [3.8, 4) is 0 Å². The molecular formula is C22H23F2N3OS. The van der Waals surface area contributed by atoms with Crippen LogP contribution in [0.25, 0.3) is 10.2 Å². The molecule has 152 valence electrons. The third-order valence-corrected chi connectivity index (χ3v) is 6.50. The van der Waals surface area contributed by atoms with Gasteiger partial charge in [0.25, 0.3) is 0 Å². The lowest BCUT2D eigenvalue weighted by Gasteiger charge is -2.34. The number of hydrogen-bond donors (Lipinski definition) is 1. The van der Waals surface area contributed by atoms with Crippen molar-refractivity contribution in [1.82, 2.24) is 15.2 Å². The molecule has 0 bridgehead atoms. The summed E-state index contributed by atoms with van der Waals surface area (Å²) in [6, 6.07) is 11.1. The Morgan fingerprint density at radius 1 is 1.28 bits per heavy atom. The number of fused-ring (bicyclic) bond motifs is 1. The maximum absolute atomic E-state index is 14.0. The molecule has 0 spiro atoms. The first-order valence-electron chi connectivity index (χ1n) is 9.85. The maximum atomic E-state index is 14.0. The highest BCUT2D eigenvalue weighted by atomic mass is 32.1. The molecule has 2 aromatic carbocycles. The SMILES string of the molecule is C[C@@H](NC(=O)CN1CCCC[C@@H]1c1nc2ccccc2s1)c1ccc(F)cc1F. The average Bonchev–Trinajstić information content (AvgIpc) is 3.12. The Labute approximate surface area is 172 Å². The Bertz CT molecular complexity index is 989. The predicted molar refractivity (Wildman–Crippen MR) is 111 cm³/mol. The summed E-state index contributed by atoms with van der Waals surface area (Å²) in [5.41, 5.74) is 1.27. The monoisotopic (exact) mass is 415 g/mol. The Kier molecular flexibility index (Phi) is 5.87. The van der Waals surface area contributed by atoms with E-state index in [1.54, 1.807) is 18.3 Å². The lowest BCUT2D eigenvalue weighted by molar-refractivity contribution is -0.123. The molecule has 0 unspecified atom stereocenters. The molecular weight excluding hydrogens is 392 g/mol. The van der Waals surface area contributed by atoms with Crippen LogP contribution in [0.2, 0.25) is 0 Å². The van der Waals surface area contributed by atoms with Crippen molar-refractivity contribution >= 4 is 27.5 Å². The number of nitrogens with zero attached hydrogens (tertiary/aromatic N) is 2. The Morgan fingerprint density at radius 2 is 2.10 bits per heavy atom. The number of piperidine rings is 1. The number of carbonyl (C=O) groups excluding carboxylic acids is 1. The van der Waals surface area contributed by atoms with E-state index in [2.05, 4.69) is 16.3 Å². The highest BCUT2D eigenvalue weighted by Crippen LogP contribution is 2.35. The number of halogens is 2. The maximum Gasteiger partial charge on any atom is 0.234 e. The predicted octanol–water partition coefficient (Wildman–Crippen LogP) is 4.98. The van der Waals surface area contributed by atoms with Gasteiger partial charge in [-0.15, -0.1) is 11.3 Å². The number of nitrogens with one attached hydrogen (secondary N) is 1. The van der Waals surface area contributed by atoms with Crippen LogP contribution in [-0.4, -0.2) is 28.9 Å². The number of likely N-dealkylation sites (tertiary alicyclic amines) is 1. The van der Waals surface area contributed by atoms with Gasteiger partial charge in [-0.05, 0) is 44.5 Å². The first-order valence-corrected chi connectivity index (χ1v) is 10.7. The molecule has 1 saturated heterocycles. The molecule has 2 atom stereocenters. The van der Waals surface area contributed by atoms with Crippen molar-refractivity contribution in [1.29, 1.82) is 0 Å². The first-order chi connectivity index (χ1) is 14.0. The van der Waals surface area contributed by atoms with Gasteiger partial charge in [-0.2, -0.15) is 0 Å². The quantitative estimate of drug-likeness (QED) is 0.639. The minimum Gasteiger partial charge on any atom is -0.348 e. The average molecular weight is 416 g/mol. The molecule has 4 nitrogen and oxygen atoms in total. The van der Waals surface area contributed by atoms with Gasteiger partial charge >= 0.3 is 0 Å². The summed E-state index contributed by atoms with van der Waals surface area (Å²) in [5, 5.41) is 3.88. The summed E-state index contributed by atoms with van der Waals surface area (Å²) in [4.78, 5) is 19.6. The third kappa shape index (κ3) is 4.46. The molecule has 3 aromatic rings. The van der Waals surface area contributed by atoms with Crippen LogP contribution < -0.4 is 5.32 Å². The second-order valence-corrected chi connectivity index (χ2v) is 8.52. The molecule has 2 heterocycles. The molecule has 0 radical (unpaired) electrons. The van der Waals surface area contributed by atoms with Gasteiger partial charge in [-0.25, -0.2) is 13.8 Å². The Balaban J connectivity index is 1.45. The lowest BCUT2D eigenvalue weighted by Crippen LogP contribution is -2.42. The van der Waals surface area contributed by atoms with Crippen LogP contribution >= 0.6 is 11.3 Å². The summed E-state index contributed by atoms with van der Waals surface area (Å²) >= 11 is 1.68. The fourth-order valence-electron chi connectivity index (χ4n) is 3.89. The number of benzene rings is 2. The number of thiazole rings is 1. The van der Waals surface area contributed by atoms with E-state index >= 15 is 0 Å². The molecule has 1 aliphatic heterocycles. The van der Waals surface area contributed by atoms with Gasteiger partial charge in [-0.1, -0.05) is 24.6 Å². The Morgan fingerprint density at radius 3 is 2.90 bits per heavy atom. The normalized spacial score (nSPS) is 18.7. The largest absolute Gasteiger partial charge is 0.348 e. The summed E-state index contributed by atoms with van der Waals surface area (Å²) in [6.45, 7) is 2.76. The van der Waals surface area contributed by atoms with Crippen LogP contribution in [0.15, 0.2) is 42.5 Å². The number of aromatic nitrogens is 1. The van der Waals surface area contributed by atoms with Gasteiger partial charge in [0.2, 0.25) is 5.91 Å². The Hall–Kier alpha value is -2.38. The van der Waals surface area contributed by atoms with Crippen molar-refractivity contribution in [2.75, 3.05) is 13.1 Å². The highest BCUT2D eigenvalue weighted by molar-refractivity contribution is 7.18. The van der Waals surface area contributed by atoms with Crippen LogP contribution in [0.1, 0.15) is 48.8 Å². The molecule has 1 aromatic heterocycles. The summed E-state index contributed by atoms with van der Waals surface area (Å²) in [6.07, 6.45) is 3.11. The molecule has 1 amide bonds. The van der Waals surface area contributed by atoms with Crippen molar-refractivity contribution < 1.29 is 13.6 Å². The van der Waals surface area contributed by atoms with Crippen LogP contribution in [-0.2, 0) is 4.79 Å².